The Morgan fingerprint density at radius 3 is 1.96 bits per heavy atom. The van der Waals surface area contributed by atoms with E-state index >= 15 is 0 Å². The van der Waals surface area contributed by atoms with Gasteiger partial charge in [-0.1, -0.05) is 32.6 Å². The summed E-state index contributed by atoms with van der Waals surface area (Å²) in [7, 11) is 0. The maximum absolute atomic E-state index is 11.6. The lowest BCUT2D eigenvalue weighted by atomic mass is 9.78. The minimum Gasteiger partial charge on any atom is -0.459 e. The van der Waals surface area contributed by atoms with Gasteiger partial charge in [0.25, 0.3) is 0 Å². The first-order valence-electron chi connectivity index (χ1n) is 18.5. The summed E-state index contributed by atoms with van der Waals surface area (Å²) in [6.45, 7) is 20.0. The molecule has 0 spiro atoms. The molecule has 0 radical (unpaired) electrons. The van der Waals surface area contributed by atoms with Crippen molar-refractivity contribution in [1.29, 1.82) is 0 Å². The monoisotopic (exact) mass is 664 g/mol. The first-order valence-corrected chi connectivity index (χ1v) is 18.5. The van der Waals surface area contributed by atoms with Crippen molar-refractivity contribution in [2.45, 2.75) is 129 Å². The third-order valence-electron chi connectivity index (χ3n) is 13.3. The van der Waals surface area contributed by atoms with E-state index in [1.165, 1.54) is 51.4 Å². The largest absolute Gasteiger partial charge is 0.459 e. The van der Waals surface area contributed by atoms with Crippen molar-refractivity contribution >= 4 is 23.9 Å². The van der Waals surface area contributed by atoms with E-state index in [4.69, 9.17) is 18.9 Å². The van der Waals surface area contributed by atoms with Gasteiger partial charge in [-0.15, -0.1) is 0 Å². The van der Waals surface area contributed by atoms with Crippen LogP contribution in [0.5, 0.6) is 0 Å². The summed E-state index contributed by atoms with van der Waals surface area (Å²) in [4.78, 5) is 46.1. The Bertz CT molecular complexity index is 1360. The molecule has 13 unspecified atom stereocenters. The van der Waals surface area contributed by atoms with Crippen molar-refractivity contribution in [2.75, 3.05) is 0 Å². The molecule has 0 aromatic heterocycles. The summed E-state index contributed by atoms with van der Waals surface area (Å²) < 4.78 is 21.8. The summed E-state index contributed by atoms with van der Waals surface area (Å²) in [5, 5.41) is 0. The van der Waals surface area contributed by atoms with Crippen LogP contribution in [-0.2, 0) is 38.1 Å². The molecule has 8 nitrogen and oxygen atoms in total. The Hall–Kier alpha value is -2.90. The highest BCUT2D eigenvalue weighted by atomic mass is 16.6. The van der Waals surface area contributed by atoms with Gasteiger partial charge in [-0.05, 0) is 128 Å². The van der Waals surface area contributed by atoms with Crippen LogP contribution in [0.3, 0.4) is 0 Å². The molecule has 7 aliphatic carbocycles. The summed E-state index contributed by atoms with van der Waals surface area (Å²) in [5.41, 5.74) is 1.10. The Morgan fingerprint density at radius 2 is 1.33 bits per heavy atom. The van der Waals surface area contributed by atoms with E-state index in [0.717, 1.165) is 48.9 Å². The molecular formula is C40H56O8. The lowest BCUT2D eigenvalue weighted by Gasteiger charge is -2.36. The Balaban J connectivity index is 0.000000125. The standard InChI is InChI=1S/C14H20O2.C14H22O2.C12H14O4/c1-8(2)14(15)16-13-7-9-6-12(13)11-5-3-4-10(9)11;1-9(2)13(15)16-14(3,4)12-8-10-5-6-11(12)7-10;1-5(2)11(13)15-9-6-3-7-8(4-6)12(14)16-10(7)9/h9-13H,1,3-7H2,2H3;10-12H,1,5-8H2,2-4H3;6-10H,1,3-4H2,2H3. The van der Waals surface area contributed by atoms with Crippen molar-refractivity contribution in [3.8, 4) is 0 Å². The first kappa shape index (κ1) is 34.9. The number of carbonyl (C=O) groups excluding carboxylic acids is 4. The topological polar surface area (TPSA) is 105 Å². The molecule has 0 N–H and O–H groups in total. The van der Waals surface area contributed by atoms with Crippen molar-refractivity contribution in [1.82, 2.24) is 0 Å². The number of fused-ring (bicyclic) bond motifs is 8. The zero-order valence-corrected chi connectivity index (χ0v) is 29.7. The van der Waals surface area contributed by atoms with Crippen molar-refractivity contribution in [2.24, 2.45) is 59.2 Å². The van der Waals surface area contributed by atoms with Gasteiger partial charge >= 0.3 is 23.9 Å². The molecule has 7 saturated carbocycles. The quantitative estimate of drug-likeness (QED) is 0.159. The van der Waals surface area contributed by atoms with E-state index in [0.29, 0.717) is 34.5 Å². The van der Waals surface area contributed by atoms with E-state index in [-0.39, 0.29) is 59.6 Å². The molecule has 8 aliphatic rings. The fourth-order valence-corrected chi connectivity index (χ4v) is 11.2. The second-order valence-electron chi connectivity index (χ2n) is 17.0. The van der Waals surface area contributed by atoms with Crippen molar-refractivity contribution in [3.05, 3.63) is 36.5 Å². The average Bonchev–Trinajstić information content (AvgIpc) is 3.87. The van der Waals surface area contributed by atoms with Crippen LogP contribution in [0, 0.1) is 59.2 Å². The van der Waals surface area contributed by atoms with E-state index in [1.807, 2.05) is 0 Å². The molecular weight excluding hydrogens is 608 g/mol. The van der Waals surface area contributed by atoms with Crippen LogP contribution < -0.4 is 0 Å². The molecule has 8 heteroatoms. The van der Waals surface area contributed by atoms with Crippen LogP contribution in [0.15, 0.2) is 36.5 Å². The summed E-state index contributed by atoms with van der Waals surface area (Å²) in [5.74, 6) is 5.28. The van der Waals surface area contributed by atoms with Gasteiger partial charge in [0.2, 0.25) is 0 Å². The number of esters is 4. The van der Waals surface area contributed by atoms with Gasteiger partial charge in [0.1, 0.15) is 23.9 Å². The molecule has 1 aliphatic heterocycles. The predicted octanol–water partition coefficient (Wildman–Crippen LogP) is 7.31. The molecule has 0 aromatic rings. The molecule has 0 amide bonds. The number of carbonyl (C=O) groups is 4. The van der Waals surface area contributed by atoms with E-state index < -0.39 is 0 Å². The van der Waals surface area contributed by atoms with E-state index in [1.54, 1.807) is 20.8 Å². The maximum Gasteiger partial charge on any atom is 0.333 e. The fraction of sp³-hybridized carbons (Fsp3) is 0.750. The number of ether oxygens (including phenoxy) is 4. The van der Waals surface area contributed by atoms with Crippen molar-refractivity contribution in [3.63, 3.8) is 0 Å². The maximum atomic E-state index is 11.6. The molecule has 6 bridgehead atoms. The predicted molar refractivity (Wildman–Crippen MR) is 180 cm³/mol. The number of hydrogen-bond acceptors (Lipinski definition) is 8. The van der Waals surface area contributed by atoms with E-state index in [9.17, 15) is 19.2 Å². The highest BCUT2D eigenvalue weighted by Gasteiger charge is 2.63. The van der Waals surface area contributed by atoms with Gasteiger partial charge in [0.05, 0.1) is 5.92 Å². The van der Waals surface area contributed by atoms with Gasteiger partial charge in [-0.3, -0.25) is 4.79 Å². The summed E-state index contributed by atoms with van der Waals surface area (Å²) in [6, 6.07) is 0. The second-order valence-corrected chi connectivity index (χ2v) is 17.0. The van der Waals surface area contributed by atoms with Crippen molar-refractivity contribution < 1.29 is 38.1 Å². The molecule has 0 aromatic carbocycles. The molecule has 8 fully saturated rings. The third kappa shape index (κ3) is 6.66. The zero-order chi connectivity index (χ0) is 34.7. The second kappa shape index (κ2) is 13.4. The Kier molecular flexibility index (Phi) is 9.78. The van der Waals surface area contributed by atoms with Gasteiger partial charge in [0, 0.05) is 34.5 Å². The third-order valence-corrected chi connectivity index (χ3v) is 13.3. The molecule has 8 rings (SSSR count). The molecule has 1 heterocycles. The minimum absolute atomic E-state index is 0.0646. The van der Waals surface area contributed by atoms with Gasteiger partial charge in [-0.25, -0.2) is 14.4 Å². The van der Waals surface area contributed by atoms with Crippen LogP contribution in [0.2, 0.25) is 0 Å². The van der Waals surface area contributed by atoms with Crippen LogP contribution in [0.4, 0.5) is 0 Å². The molecule has 1 saturated heterocycles. The highest BCUT2D eigenvalue weighted by molar-refractivity contribution is 5.88. The number of rotatable bonds is 7. The SMILES string of the molecule is C=C(C)C(=O)OC(C)(C)C1CC2CCC1C2.C=C(C)C(=O)OC1C2CC3C(=O)OC1C3C2.C=C(C)C(=O)OC1CC2CC1C1CCCC21. The summed E-state index contributed by atoms with van der Waals surface area (Å²) >= 11 is 0. The van der Waals surface area contributed by atoms with Gasteiger partial charge in [0.15, 0.2) is 0 Å². The first-order chi connectivity index (χ1) is 22.6. The Morgan fingerprint density at radius 1 is 0.688 bits per heavy atom. The molecule has 13 atom stereocenters. The van der Waals surface area contributed by atoms with Gasteiger partial charge in [-0.2, -0.15) is 0 Å². The fourth-order valence-electron chi connectivity index (χ4n) is 11.2. The van der Waals surface area contributed by atoms with Gasteiger partial charge < -0.3 is 18.9 Å². The summed E-state index contributed by atoms with van der Waals surface area (Å²) in [6.07, 6.45) is 13.4. The highest BCUT2D eigenvalue weighted by Crippen LogP contribution is 2.59. The smallest absolute Gasteiger partial charge is 0.333 e. The van der Waals surface area contributed by atoms with Crippen LogP contribution in [0.1, 0.15) is 105 Å². The average molecular weight is 665 g/mol. The molecule has 48 heavy (non-hydrogen) atoms. The minimum atomic E-state index is -0.378. The lowest BCUT2D eigenvalue weighted by Crippen LogP contribution is -2.39. The lowest BCUT2D eigenvalue weighted by molar-refractivity contribution is -0.159. The zero-order valence-electron chi connectivity index (χ0n) is 29.7. The Labute approximate surface area is 286 Å². The van der Waals surface area contributed by atoms with E-state index in [2.05, 4.69) is 33.6 Å². The van der Waals surface area contributed by atoms with Crippen LogP contribution >= 0.6 is 0 Å². The van der Waals surface area contributed by atoms with Crippen LogP contribution in [-0.4, -0.2) is 47.8 Å². The molecule has 264 valence electrons. The van der Waals surface area contributed by atoms with Crippen LogP contribution in [0.25, 0.3) is 0 Å². The number of hydrogen-bond donors (Lipinski definition) is 0. The normalized spacial score (nSPS) is 40.2.